The molecule has 8 heteroatoms. The van der Waals surface area contributed by atoms with Crippen molar-refractivity contribution in [1.82, 2.24) is 10.4 Å². The van der Waals surface area contributed by atoms with Crippen LogP contribution < -0.4 is 5.32 Å². The zero-order valence-electron chi connectivity index (χ0n) is 15.6. The Labute approximate surface area is 166 Å². The van der Waals surface area contributed by atoms with Gasteiger partial charge in [0.25, 0.3) is 0 Å². The third kappa shape index (κ3) is 5.56. The molecule has 2 aromatic carbocycles. The Morgan fingerprint density at radius 2 is 1.79 bits per heavy atom. The van der Waals surface area contributed by atoms with Gasteiger partial charge in [-0.05, 0) is 35.6 Å². The molecular weight excluding hydrogens is 385 g/mol. The van der Waals surface area contributed by atoms with Gasteiger partial charge in [0, 0.05) is 12.5 Å². The number of carbonyl (C=O) groups excluding carboxylic acids is 1. The molecule has 1 fully saturated rings. The van der Waals surface area contributed by atoms with Crippen LogP contribution in [0.2, 0.25) is 0 Å². The Morgan fingerprint density at radius 1 is 1.14 bits per heavy atom. The number of aliphatic hydroxyl groups excluding tert-OH is 1. The van der Waals surface area contributed by atoms with Crippen LogP contribution in [0, 0.1) is 5.92 Å². The fourth-order valence-electron chi connectivity index (χ4n) is 3.64. The van der Waals surface area contributed by atoms with Gasteiger partial charge < -0.3 is 5.11 Å². The number of benzene rings is 2. The minimum absolute atomic E-state index is 0.0286. The Hall–Kier alpha value is -2.42. The molecule has 0 spiro atoms. The van der Waals surface area contributed by atoms with Crippen LogP contribution in [0.25, 0.3) is 0 Å². The highest BCUT2D eigenvalue weighted by atomic mass is 19.4. The summed E-state index contributed by atoms with van der Waals surface area (Å²) in [7, 11) is 0. The number of hydrogen-bond donors (Lipinski definition) is 3. The minimum Gasteiger partial charge on any atom is -0.379 e. The first kappa shape index (κ1) is 21.3. The van der Waals surface area contributed by atoms with E-state index in [1.165, 1.54) is 12.1 Å². The lowest BCUT2D eigenvalue weighted by atomic mass is 9.85. The predicted octanol–water partition coefficient (Wildman–Crippen LogP) is 3.18. The summed E-state index contributed by atoms with van der Waals surface area (Å²) in [4.78, 5) is 12.4. The van der Waals surface area contributed by atoms with Crippen LogP contribution in [0.5, 0.6) is 0 Å². The Bertz CT molecular complexity index is 812. The van der Waals surface area contributed by atoms with Crippen molar-refractivity contribution in [2.75, 3.05) is 13.1 Å². The number of carbonyl (C=O) groups is 1. The number of rotatable bonds is 6. The molecule has 1 saturated heterocycles. The molecule has 0 aromatic heterocycles. The molecule has 5 nitrogen and oxygen atoms in total. The van der Waals surface area contributed by atoms with E-state index >= 15 is 0 Å². The number of nitrogens with zero attached hydrogens (tertiary/aromatic N) is 1. The van der Waals surface area contributed by atoms with Crippen LogP contribution in [0.3, 0.4) is 0 Å². The lowest BCUT2D eigenvalue weighted by Crippen LogP contribution is -2.35. The number of hydroxylamine groups is 2. The standard InChI is InChI=1S/C21H23F3N2O3/c22-21(23,24)17-8-6-14(7-9-17)10-20(28)26(29)13-18(15-4-2-1-3-5-15)16-11-19(27)25-12-16/h1-9,16,18-19,25,27,29H,10-13H2. The second-order valence-corrected chi connectivity index (χ2v) is 7.28. The Morgan fingerprint density at radius 3 is 2.34 bits per heavy atom. The van der Waals surface area contributed by atoms with Crippen molar-refractivity contribution in [2.45, 2.75) is 31.2 Å². The lowest BCUT2D eigenvalue weighted by Gasteiger charge is -2.27. The van der Waals surface area contributed by atoms with E-state index < -0.39 is 23.9 Å². The molecule has 1 aliphatic heterocycles. The largest absolute Gasteiger partial charge is 0.416 e. The van der Waals surface area contributed by atoms with E-state index in [9.17, 15) is 28.3 Å². The summed E-state index contributed by atoms with van der Waals surface area (Å²) in [5.41, 5.74) is 0.539. The molecule has 3 unspecified atom stereocenters. The van der Waals surface area contributed by atoms with Crippen molar-refractivity contribution in [3.05, 3.63) is 71.3 Å². The van der Waals surface area contributed by atoms with Gasteiger partial charge in [-0.25, -0.2) is 5.06 Å². The maximum absolute atomic E-state index is 12.7. The van der Waals surface area contributed by atoms with Gasteiger partial charge in [-0.15, -0.1) is 0 Å². The fourth-order valence-corrected chi connectivity index (χ4v) is 3.64. The zero-order chi connectivity index (χ0) is 21.0. The summed E-state index contributed by atoms with van der Waals surface area (Å²) in [5.74, 6) is -0.763. The van der Waals surface area contributed by atoms with Crippen LogP contribution in [-0.4, -0.2) is 40.6 Å². The molecule has 2 aromatic rings. The molecule has 1 heterocycles. The number of nitrogens with one attached hydrogen (secondary N) is 1. The lowest BCUT2D eigenvalue weighted by molar-refractivity contribution is -0.166. The second-order valence-electron chi connectivity index (χ2n) is 7.28. The van der Waals surface area contributed by atoms with E-state index in [0.717, 1.165) is 17.7 Å². The smallest absolute Gasteiger partial charge is 0.379 e. The van der Waals surface area contributed by atoms with Gasteiger partial charge in [-0.3, -0.25) is 15.3 Å². The summed E-state index contributed by atoms with van der Waals surface area (Å²) < 4.78 is 38.0. The van der Waals surface area contributed by atoms with E-state index in [1.807, 2.05) is 30.3 Å². The fraction of sp³-hybridized carbons (Fsp3) is 0.381. The molecule has 0 radical (unpaired) electrons. The number of halogens is 3. The first-order chi connectivity index (χ1) is 13.7. The van der Waals surface area contributed by atoms with E-state index in [4.69, 9.17) is 0 Å². The monoisotopic (exact) mass is 408 g/mol. The molecule has 3 N–H and O–H groups in total. The van der Waals surface area contributed by atoms with Crippen molar-refractivity contribution in [3.8, 4) is 0 Å². The first-order valence-electron chi connectivity index (χ1n) is 9.36. The first-order valence-corrected chi connectivity index (χ1v) is 9.36. The number of hydrogen-bond acceptors (Lipinski definition) is 4. The summed E-state index contributed by atoms with van der Waals surface area (Å²) in [6, 6.07) is 13.7. The summed E-state index contributed by atoms with van der Waals surface area (Å²) in [6.45, 7) is 0.588. The van der Waals surface area contributed by atoms with Crippen molar-refractivity contribution in [2.24, 2.45) is 5.92 Å². The van der Waals surface area contributed by atoms with Crippen LogP contribution >= 0.6 is 0 Å². The highest BCUT2D eigenvalue weighted by Crippen LogP contribution is 2.32. The van der Waals surface area contributed by atoms with Gasteiger partial charge in [0.1, 0.15) is 6.23 Å². The molecule has 1 amide bonds. The van der Waals surface area contributed by atoms with Gasteiger partial charge in [-0.2, -0.15) is 13.2 Å². The average molecular weight is 408 g/mol. The highest BCUT2D eigenvalue weighted by Gasteiger charge is 2.33. The van der Waals surface area contributed by atoms with Crippen LogP contribution in [0.4, 0.5) is 13.2 Å². The van der Waals surface area contributed by atoms with Gasteiger partial charge in [0.2, 0.25) is 5.91 Å². The van der Waals surface area contributed by atoms with Crippen LogP contribution in [0.1, 0.15) is 29.0 Å². The molecule has 29 heavy (non-hydrogen) atoms. The highest BCUT2D eigenvalue weighted by molar-refractivity contribution is 5.77. The van der Waals surface area contributed by atoms with E-state index in [-0.39, 0.29) is 24.8 Å². The summed E-state index contributed by atoms with van der Waals surface area (Å²) in [6.07, 6.45) is -4.77. The Kier molecular flexibility index (Phi) is 6.56. The predicted molar refractivity (Wildman–Crippen MR) is 99.9 cm³/mol. The van der Waals surface area contributed by atoms with E-state index in [0.29, 0.717) is 23.6 Å². The van der Waals surface area contributed by atoms with Gasteiger partial charge in [-0.1, -0.05) is 42.5 Å². The SMILES string of the molecule is O=C(Cc1ccc(C(F)(F)F)cc1)N(O)CC(c1ccccc1)C1CNC(O)C1. The van der Waals surface area contributed by atoms with Crippen LogP contribution in [-0.2, 0) is 17.4 Å². The third-order valence-electron chi connectivity index (χ3n) is 5.23. The average Bonchev–Trinajstić information content (AvgIpc) is 3.12. The van der Waals surface area contributed by atoms with Crippen molar-refractivity contribution in [3.63, 3.8) is 0 Å². The molecule has 0 aliphatic carbocycles. The topological polar surface area (TPSA) is 72.8 Å². The maximum Gasteiger partial charge on any atom is 0.416 e. The summed E-state index contributed by atoms with van der Waals surface area (Å²) in [5, 5.41) is 23.7. The molecule has 0 bridgehead atoms. The van der Waals surface area contributed by atoms with E-state index in [2.05, 4.69) is 5.32 Å². The molecule has 1 aliphatic rings. The van der Waals surface area contributed by atoms with Gasteiger partial charge >= 0.3 is 6.18 Å². The van der Waals surface area contributed by atoms with Gasteiger partial charge in [0.15, 0.2) is 0 Å². The normalized spacial score (nSPS) is 20.4. The molecule has 3 atom stereocenters. The third-order valence-corrected chi connectivity index (χ3v) is 5.23. The zero-order valence-corrected chi connectivity index (χ0v) is 15.6. The number of aliphatic hydroxyl groups is 1. The second kappa shape index (κ2) is 8.94. The Balaban J connectivity index is 1.67. The maximum atomic E-state index is 12.7. The minimum atomic E-state index is -4.44. The quantitative estimate of drug-likeness (QED) is 0.507. The molecular formula is C21H23F3N2O3. The number of alkyl halides is 3. The number of amides is 1. The van der Waals surface area contributed by atoms with Crippen molar-refractivity contribution < 1.29 is 28.3 Å². The molecule has 0 saturated carbocycles. The van der Waals surface area contributed by atoms with Gasteiger partial charge in [0.05, 0.1) is 18.5 Å². The van der Waals surface area contributed by atoms with Crippen molar-refractivity contribution in [1.29, 1.82) is 0 Å². The molecule has 156 valence electrons. The van der Waals surface area contributed by atoms with Crippen LogP contribution in [0.15, 0.2) is 54.6 Å². The van der Waals surface area contributed by atoms with E-state index in [1.54, 1.807) is 0 Å². The van der Waals surface area contributed by atoms with Crippen molar-refractivity contribution >= 4 is 5.91 Å². The summed E-state index contributed by atoms with van der Waals surface area (Å²) >= 11 is 0. The molecule has 3 rings (SSSR count).